The van der Waals surface area contributed by atoms with Crippen molar-refractivity contribution in [2.45, 2.75) is 40.8 Å². The SMILES string of the molecule is Cc1cc(C)c(-c2cc(-c3ccccc3C(F)(F)F)c(-c3cc(-c4ccccc4)c(C)cc3C)cc2-c2ccccc2C)cc1-c1ccccc1. The molecule has 0 amide bonds. The summed E-state index contributed by atoms with van der Waals surface area (Å²) in [6.45, 7) is 10.4. The van der Waals surface area contributed by atoms with Gasteiger partial charge in [0.15, 0.2) is 0 Å². The van der Waals surface area contributed by atoms with Gasteiger partial charge < -0.3 is 0 Å². The van der Waals surface area contributed by atoms with Crippen LogP contribution in [0.25, 0.3) is 66.8 Å². The first kappa shape index (κ1) is 33.8. The molecule has 0 atom stereocenters. The lowest BCUT2D eigenvalue weighted by Crippen LogP contribution is -2.07. The molecule has 7 aromatic carbocycles. The third-order valence-corrected chi connectivity index (χ3v) is 10.0. The third kappa shape index (κ3) is 6.53. The fraction of sp³-hybridized carbons (Fsp3) is 0.125. The fourth-order valence-electron chi connectivity index (χ4n) is 7.47. The molecule has 0 radical (unpaired) electrons. The molecule has 51 heavy (non-hydrogen) atoms. The zero-order valence-electron chi connectivity index (χ0n) is 29.5. The standard InChI is InChI=1S/C48H39F3/c1-30-16-12-13-21-37(30)43-28-46(42-27-40(32(3)25-34(42)5)36-19-10-7-11-20-36)44(38-22-14-15-23-47(38)48(49,50)51)29-45(43)41-26-39(31(2)24-33(41)4)35-17-8-6-9-18-35/h6-29H,1-5H3. The van der Waals surface area contributed by atoms with Crippen LogP contribution in [0.1, 0.15) is 33.4 Å². The van der Waals surface area contributed by atoms with Crippen LogP contribution in [0.3, 0.4) is 0 Å². The Morgan fingerprint density at radius 2 is 0.647 bits per heavy atom. The van der Waals surface area contributed by atoms with Crippen LogP contribution >= 0.6 is 0 Å². The third-order valence-electron chi connectivity index (χ3n) is 10.0. The van der Waals surface area contributed by atoms with Gasteiger partial charge in [-0.25, -0.2) is 0 Å². The van der Waals surface area contributed by atoms with Gasteiger partial charge in [-0.3, -0.25) is 0 Å². The summed E-state index contributed by atoms with van der Waals surface area (Å²) >= 11 is 0. The van der Waals surface area contributed by atoms with Crippen LogP contribution in [0, 0.1) is 34.6 Å². The number of hydrogen-bond acceptors (Lipinski definition) is 0. The van der Waals surface area contributed by atoms with Gasteiger partial charge in [0.25, 0.3) is 0 Å². The maximum Gasteiger partial charge on any atom is 0.417 e. The van der Waals surface area contributed by atoms with E-state index in [1.54, 1.807) is 12.1 Å². The van der Waals surface area contributed by atoms with Crippen molar-refractivity contribution in [1.82, 2.24) is 0 Å². The Morgan fingerprint density at radius 1 is 0.294 bits per heavy atom. The molecular weight excluding hydrogens is 634 g/mol. The highest BCUT2D eigenvalue weighted by molar-refractivity contribution is 5.98. The van der Waals surface area contributed by atoms with E-state index in [4.69, 9.17) is 0 Å². The van der Waals surface area contributed by atoms with E-state index in [9.17, 15) is 13.2 Å². The van der Waals surface area contributed by atoms with Crippen LogP contribution in [0.15, 0.2) is 146 Å². The number of rotatable bonds is 6. The smallest absolute Gasteiger partial charge is 0.166 e. The van der Waals surface area contributed by atoms with E-state index in [0.717, 1.165) is 83.5 Å². The number of halogens is 3. The molecule has 0 aliphatic heterocycles. The maximum atomic E-state index is 14.9. The minimum absolute atomic E-state index is 0.159. The molecule has 0 aliphatic carbocycles. The molecule has 0 saturated heterocycles. The Labute approximate surface area is 298 Å². The number of hydrogen-bond donors (Lipinski definition) is 0. The summed E-state index contributed by atoms with van der Waals surface area (Å²) in [5.41, 5.74) is 15.3. The molecule has 0 fully saturated rings. The summed E-state index contributed by atoms with van der Waals surface area (Å²) < 4.78 is 44.6. The minimum Gasteiger partial charge on any atom is -0.166 e. The number of benzene rings is 7. The molecule has 3 heteroatoms. The highest BCUT2D eigenvalue weighted by atomic mass is 19.4. The van der Waals surface area contributed by atoms with Gasteiger partial charge in [0, 0.05) is 0 Å². The van der Waals surface area contributed by atoms with E-state index >= 15 is 0 Å². The molecule has 0 N–H and O–H groups in total. The molecule has 0 heterocycles. The molecule has 7 aromatic rings. The van der Waals surface area contributed by atoms with E-state index in [1.807, 2.05) is 61.5 Å². The van der Waals surface area contributed by atoms with Crippen LogP contribution in [-0.2, 0) is 6.18 Å². The monoisotopic (exact) mass is 672 g/mol. The summed E-state index contributed by atoms with van der Waals surface area (Å²) in [4.78, 5) is 0. The van der Waals surface area contributed by atoms with Crippen LogP contribution < -0.4 is 0 Å². The van der Waals surface area contributed by atoms with Gasteiger partial charge in [-0.05, 0) is 160 Å². The topological polar surface area (TPSA) is 0 Å². The lowest BCUT2D eigenvalue weighted by Gasteiger charge is -2.24. The lowest BCUT2D eigenvalue weighted by atomic mass is 9.80. The molecular formula is C48H39F3. The van der Waals surface area contributed by atoms with Crippen molar-refractivity contribution in [3.63, 3.8) is 0 Å². The van der Waals surface area contributed by atoms with Crippen molar-refractivity contribution in [1.29, 1.82) is 0 Å². The van der Waals surface area contributed by atoms with Crippen molar-refractivity contribution < 1.29 is 13.2 Å². The summed E-state index contributed by atoms with van der Waals surface area (Å²) in [5, 5.41) is 0. The van der Waals surface area contributed by atoms with Crippen LogP contribution in [0.4, 0.5) is 13.2 Å². The zero-order valence-corrected chi connectivity index (χ0v) is 29.5. The van der Waals surface area contributed by atoms with Gasteiger partial charge in [0.2, 0.25) is 0 Å². The number of aryl methyl sites for hydroxylation is 5. The van der Waals surface area contributed by atoms with Crippen LogP contribution in [0.2, 0.25) is 0 Å². The minimum atomic E-state index is -4.54. The molecule has 7 rings (SSSR count). The first-order valence-electron chi connectivity index (χ1n) is 17.3. The number of alkyl halides is 3. The average molecular weight is 673 g/mol. The maximum absolute atomic E-state index is 14.9. The molecule has 0 spiro atoms. The molecule has 0 unspecified atom stereocenters. The summed E-state index contributed by atoms with van der Waals surface area (Å²) in [6.07, 6.45) is -4.54. The van der Waals surface area contributed by atoms with Gasteiger partial charge in [0.1, 0.15) is 0 Å². The Balaban J connectivity index is 1.63. The normalized spacial score (nSPS) is 11.5. The zero-order chi connectivity index (χ0) is 35.9. The van der Waals surface area contributed by atoms with E-state index in [-0.39, 0.29) is 5.56 Å². The molecule has 0 aromatic heterocycles. The van der Waals surface area contributed by atoms with Crippen molar-refractivity contribution >= 4 is 0 Å². The first-order chi connectivity index (χ1) is 24.5. The highest BCUT2D eigenvalue weighted by Gasteiger charge is 2.34. The van der Waals surface area contributed by atoms with Crippen molar-refractivity contribution in [3.8, 4) is 66.8 Å². The predicted molar refractivity (Wildman–Crippen MR) is 208 cm³/mol. The van der Waals surface area contributed by atoms with Crippen molar-refractivity contribution in [2.24, 2.45) is 0 Å². The van der Waals surface area contributed by atoms with E-state index in [0.29, 0.717) is 5.56 Å². The van der Waals surface area contributed by atoms with Gasteiger partial charge in [0.05, 0.1) is 5.56 Å². The first-order valence-corrected chi connectivity index (χ1v) is 17.3. The highest BCUT2D eigenvalue weighted by Crippen LogP contribution is 2.48. The van der Waals surface area contributed by atoms with Crippen LogP contribution in [-0.4, -0.2) is 0 Å². The Hall–Kier alpha value is -5.67. The Morgan fingerprint density at radius 3 is 1.12 bits per heavy atom. The Kier molecular flexibility index (Phi) is 8.99. The predicted octanol–water partition coefficient (Wildman–Crippen LogP) is 14.2. The molecule has 252 valence electrons. The molecule has 0 saturated carbocycles. The quantitative estimate of drug-likeness (QED) is 0.165. The summed E-state index contributed by atoms with van der Waals surface area (Å²) in [6, 6.07) is 47.5. The average Bonchev–Trinajstić information content (AvgIpc) is 3.12. The van der Waals surface area contributed by atoms with E-state index in [2.05, 4.69) is 94.4 Å². The van der Waals surface area contributed by atoms with E-state index < -0.39 is 11.7 Å². The molecule has 0 aliphatic rings. The second-order valence-electron chi connectivity index (χ2n) is 13.5. The molecule has 0 nitrogen and oxygen atoms in total. The van der Waals surface area contributed by atoms with Gasteiger partial charge in [-0.15, -0.1) is 0 Å². The summed E-state index contributed by atoms with van der Waals surface area (Å²) in [7, 11) is 0. The van der Waals surface area contributed by atoms with Crippen LogP contribution in [0.5, 0.6) is 0 Å². The largest absolute Gasteiger partial charge is 0.417 e. The lowest BCUT2D eigenvalue weighted by molar-refractivity contribution is -0.137. The molecule has 0 bridgehead atoms. The van der Waals surface area contributed by atoms with Gasteiger partial charge >= 0.3 is 6.18 Å². The van der Waals surface area contributed by atoms with Crippen molar-refractivity contribution in [2.75, 3.05) is 0 Å². The van der Waals surface area contributed by atoms with Crippen molar-refractivity contribution in [3.05, 3.63) is 179 Å². The van der Waals surface area contributed by atoms with Gasteiger partial charge in [-0.1, -0.05) is 115 Å². The van der Waals surface area contributed by atoms with E-state index in [1.165, 1.54) is 12.1 Å². The second-order valence-corrected chi connectivity index (χ2v) is 13.5. The van der Waals surface area contributed by atoms with Gasteiger partial charge in [-0.2, -0.15) is 13.2 Å². The summed E-state index contributed by atoms with van der Waals surface area (Å²) in [5.74, 6) is 0. The Bertz CT molecular complexity index is 2380. The fourth-order valence-corrected chi connectivity index (χ4v) is 7.47. The second kappa shape index (κ2) is 13.6.